The van der Waals surface area contributed by atoms with Crippen LogP contribution in [-0.4, -0.2) is 21.8 Å². The van der Waals surface area contributed by atoms with Crippen LogP contribution in [0.1, 0.15) is 5.56 Å². The molecule has 0 aliphatic heterocycles. The van der Waals surface area contributed by atoms with E-state index in [-0.39, 0.29) is 0 Å². The fraction of sp³-hybridized carbons (Fsp3) is 0.125. The first-order valence-corrected chi connectivity index (χ1v) is 6.57. The molecule has 2 aromatic heterocycles. The van der Waals surface area contributed by atoms with Gasteiger partial charge in [-0.15, -0.1) is 0 Å². The van der Waals surface area contributed by atoms with Crippen molar-refractivity contribution < 1.29 is 0 Å². The van der Waals surface area contributed by atoms with Crippen molar-refractivity contribution in [2.24, 2.45) is 0 Å². The van der Waals surface area contributed by atoms with E-state index in [9.17, 15) is 0 Å². The molecular weight excluding hydrogens is 248 g/mol. The molecule has 0 bridgehead atoms. The highest BCUT2D eigenvalue weighted by molar-refractivity contribution is 5.61. The maximum Gasteiger partial charge on any atom is 0.153 e. The van der Waals surface area contributed by atoms with Gasteiger partial charge in [-0.3, -0.25) is 0 Å². The van der Waals surface area contributed by atoms with Crippen molar-refractivity contribution in [3.05, 3.63) is 66.6 Å². The SMILES string of the molecule is CNCc1ccnc(-n2cc(-c3ccccc3)cn2)c1. The minimum absolute atomic E-state index is 0.822. The average Bonchev–Trinajstić information content (AvgIpc) is 2.99. The van der Waals surface area contributed by atoms with Gasteiger partial charge in [0.25, 0.3) is 0 Å². The molecule has 4 nitrogen and oxygen atoms in total. The van der Waals surface area contributed by atoms with Crippen LogP contribution in [0.15, 0.2) is 61.1 Å². The summed E-state index contributed by atoms with van der Waals surface area (Å²) in [7, 11) is 1.93. The molecular formula is C16H16N4. The van der Waals surface area contributed by atoms with E-state index in [1.807, 2.05) is 60.7 Å². The molecule has 0 spiro atoms. The smallest absolute Gasteiger partial charge is 0.153 e. The maximum atomic E-state index is 4.40. The average molecular weight is 264 g/mol. The molecule has 3 rings (SSSR count). The molecule has 0 radical (unpaired) electrons. The largest absolute Gasteiger partial charge is 0.316 e. The second-order valence-corrected chi connectivity index (χ2v) is 4.59. The summed E-state index contributed by atoms with van der Waals surface area (Å²) in [6, 6.07) is 14.3. The molecule has 1 N–H and O–H groups in total. The first kappa shape index (κ1) is 12.6. The molecule has 0 saturated heterocycles. The Balaban J connectivity index is 1.92. The second kappa shape index (κ2) is 5.67. The number of rotatable bonds is 4. The second-order valence-electron chi connectivity index (χ2n) is 4.59. The van der Waals surface area contributed by atoms with E-state index in [2.05, 4.69) is 27.5 Å². The molecule has 100 valence electrons. The van der Waals surface area contributed by atoms with Crippen LogP contribution < -0.4 is 5.32 Å². The van der Waals surface area contributed by atoms with E-state index in [1.165, 1.54) is 5.56 Å². The van der Waals surface area contributed by atoms with Crippen molar-refractivity contribution in [2.45, 2.75) is 6.54 Å². The van der Waals surface area contributed by atoms with Crippen LogP contribution in [0.4, 0.5) is 0 Å². The molecule has 0 aliphatic rings. The zero-order chi connectivity index (χ0) is 13.8. The lowest BCUT2D eigenvalue weighted by Crippen LogP contribution is -2.06. The Labute approximate surface area is 118 Å². The zero-order valence-corrected chi connectivity index (χ0v) is 11.3. The molecule has 1 aromatic carbocycles. The molecule has 0 saturated carbocycles. The minimum atomic E-state index is 0.822. The van der Waals surface area contributed by atoms with Crippen LogP contribution in [-0.2, 0) is 6.54 Å². The van der Waals surface area contributed by atoms with Crippen molar-refractivity contribution in [3.8, 4) is 16.9 Å². The Hall–Kier alpha value is -2.46. The van der Waals surface area contributed by atoms with E-state index >= 15 is 0 Å². The number of pyridine rings is 1. The van der Waals surface area contributed by atoms with Gasteiger partial charge < -0.3 is 5.32 Å². The third-order valence-corrected chi connectivity index (χ3v) is 3.12. The summed E-state index contributed by atoms with van der Waals surface area (Å²) in [5, 5.41) is 7.53. The molecule has 4 heteroatoms. The normalized spacial score (nSPS) is 10.7. The van der Waals surface area contributed by atoms with Crippen LogP contribution in [0.5, 0.6) is 0 Å². The van der Waals surface area contributed by atoms with Crippen LogP contribution in [0.3, 0.4) is 0 Å². The van der Waals surface area contributed by atoms with E-state index in [1.54, 1.807) is 0 Å². The standard InChI is InChI=1S/C16H16N4/c1-17-10-13-7-8-18-16(9-13)20-12-15(11-19-20)14-5-3-2-4-6-14/h2-9,11-12,17H,10H2,1H3. The van der Waals surface area contributed by atoms with Gasteiger partial charge in [-0.25, -0.2) is 9.67 Å². The number of aromatic nitrogens is 3. The fourth-order valence-electron chi connectivity index (χ4n) is 2.13. The lowest BCUT2D eigenvalue weighted by molar-refractivity contribution is 0.801. The molecule has 0 unspecified atom stereocenters. The van der Waals surface area contributed by atoms with Gasteiger partial charge in [0.05, 0.1) is 6.20 Å². The first-order valence-electron chi connectivity index (χ1n) is 6.57. The van der Waals surface area contributed by atoms with Crippen LogP contribution in [0, 0.1) is 0 Å². The Kier molecular flexibility index (Phi) is 3.56. The fourth-order valence-corrected chi connectivity index (χ4v) is 2.13. The van der Waals surface area contributed by atoms with Crippen molar-refractivity contribution in [3.63, 3.8) is 0 Å². The summed E-state index contributed by atoms with van der Waals surface area (Å²) in [5.41, 5.74) is 3.44. The summed E-state index contributed by atoms with van der Waals surface area (Å²) < 4.78 is 1.81. The van der Waals surface area contributed by atoms with Crippen molar-refractivity contribution >= 4 is 0 Å². The summed E-state index contributed by atoms with van der Waals surface area (Å²) in [6.07, 6.45) is 5.68. The topological polar surface area (TPSA) is 42.7 Å². The number of hydrogen-bond acceptors (Lipinski definition) is 3. The van der Waals surface area contributed by atoms with Gasteiger partial charge in [0.2, 0.25) is 0 Å². The predicted molar refractivity (Wildman–Crippen MR) is 79.6 cm³/mol. The van der Waals surface area contributed by atoms with Gasteiger partial charge in [-0.05, 0) is 30.3 Å². The number of hydrogen-bond donors (Lipinski definition) is 1. The van der Waals surface area contributed by atoms with Gasteiger partial charge in [0, 0.05) is 24.5 Å². The van der Waals surface area contributed by atoms with Crippen molar-refractivity contribution in [1.82, 2.24) is 20.1 Å². The maximum absolute atomic E-state index is 4.40. The quantitative estimate of drug-likeness (QED) is 0.787. The van der Waals surface area contributed by atoms with Crippen molar-refractivity contribution in [1.29, 1.82) is 0 Å². The van der Waals surface area contributed by atoms with Gasteiger partial charge >= 0.3 is 0 Å². The lowest BCUT2D eigenvalue weighted by atomic mass is 10.1. The van der Waals surface area contributed by atoms with E-state index in [4.69, 9.17) is 0 Å². The third-order valence-electron chi connectivity index (χ3n) is 3.12. The minimum Gasteiger partial charge on any atom is -0.316 e. The number of benzene rings is 1. The molecule has 0 atom stereocenters. The van der Waals surface area contributed by atoms with Crippen molar-refractivity contribution in [2.75, 3.05) is 7.05 Å². The Bertz CT molecular complexity index is 688. The van der Waals surface area contributed by atoms with Crippen LogP contribution in [0.25, 0.3) is 16.9 Å². The van der Waals surface area contributed by atoms with Gasteiger partial charge in [0.1, 0.15) is 0 Å². The Morgan fingerprint density at radius 3 is 2.75 bits per heavy atom. The molecule has 0 amide bonds. The highest BCUT2D eigenvalue weighted by Gasteiger charge is 2.04. The number of nitrogens with zero attached hydrogens (tertiary/aromatic N) is 3. The predicted octanol–water partition coefficient (Wildman–Crippen LogP) is 2.65. The molecule has 3 aromatic rings. The third kappa shape index (κ3) is 2.60. The highest BCUT2D eigenvalue weighted by Crippen LogP contribution is 2.19. The summed E-state index contributed by atoms with van der Waals surface area (Å²) in [5.74, 6) is 0.833. The molecule has 0 fully saturated rings. The lowest BCUT2D eigenvalue weighted by Gasteiger charge is -2.03. The first-order chi connectivity index (χ1) is 9.86. The Morgan fingerprint density at radius 2 is 1.95 bits per heavy atom. The highest BCUT2D eigenvalue weighted by atomic mass is 15.3. The van der Waals surface area contributed by atoms with Crippen LogP contribution in [0.2, 0.25) is 0 Å². The summed E-state index contributed by atoms with van der Waals surface area (Å²) >= 11 is 0. The molecule has 20 heavy (non-hydrogen) atoms. The van der Waals surface area contributed by atoms with Gasteiger partial charge in [-0.2, -0.15) is 5.10 Å². The zero-order valence-electron chi connectivity index (χ0n) is 11.3. The summed E-state index contributed by atoms with van der Waals surface area (Å²) in [4.78, 5) is 4.37. The van der Waals surface area contributed by atoms with E-state index < -0.39 is 0 Å². The number of nitrogens with one attached hydrogen (secondary N) is 1. The summed E-state index contributed by atoms with van der Waals surface area (Å²) in [6.45, 7) is 0.822. The molecule has 2 heterocycles. The van der Waals surface area contributed by atoms with Gasteiger partial charge in [-0.1, -0.05) is 30.3 Å². The van der Waals surface area contributed by atoms with E-state index in [0.717, 1.165) is 23.5 Å². The monoisotopic (exact) mass is 264 g/mol. The molecule has 0 aliphatic carbocycles. The Morgan fingerprint density at radius 1 is 1.10 bits per heavy atom. The van der Waals surface area contributed by atoms with Gasteiger partial charge in [0.15, 0.2) is 5.82 Å². The van der Waals surface area contributed by atoms with E-state index in [0.29, 0.717) is 0 Å². The van der Waals surface area contributed by atoms with Crippen LogP contribution >= 0.6 is 0 Å².